The lowest BCUT2D eigenvalue weighted by Crippen LogP contribution is -2.68. The zero-order chi connectivity index (χ0) is 16.6. The molecule has 2 atom stereocenters. The van der Waals surface area contributed by atoms with E-state index in [9.17, 15) is 20.3 Å². The van der Waals surface area contributed by atoms with Gasteiger partial charge in [0.05, 0.1) is 4.92 Å². The molecule has 0 amide bonds. The Hall–Kier alpha value is -1.66. The van der Waals surface area contributed by atoms with Gasteiger partial charge in [-0.25, -0.2) is 0 Å². The lowest BCUT2D eigenvalue weighted by molar-refractivity contribution is -0.387. The minimum Gasteiger partial charge on any atom is -0.483 e. The van der Waals surface area contributed by atoms with Crippen LogP contribution in [0.1, 0.15) is 43.8 Å². The molecule has 2 N–H and O–H groups in total. The van der Waals surface area contributed by atoms with Crippen LogP contribution in [-0.4, -0.2) is 26.8 Å². The summed E-state index contributed by atoms with van der Waals surface area (Å²) in [5.41, 5.74) is -0.846. The quantitative estimate of drug-likeness (QED) is 0.609. The third kappa shape index (κ3) is 1.68. The van der Waals surface area contributed by atoms with Crippen LogP contribution in [0.15, 0.2) is 18.2 Å². The Kier molecular flexibility index (Phi) is 2.87. The molecule has 4 fully saturated rings. The van der Waals surface area contributed by atoms with E-state index in [0.717, 1.165) is 25.7 Å². The van der Waals surface area contributed by atoms with Gasteiger partial charge in [-0.05, 0) is 50.0 Å². The van der Waals surface area contributed by atoms with Gasteiger partial charge in [0.2, 0.25) is 0 Å². The van der Waals surface area contributed by atoms with Crippen LogP contribution in [0.2, 0.25) is 0 Å². The molecule has 4 saturated carbocycles. The van der Waals surface area contributed by atoms with Crippen molar-refractivity contribution in [3.8, 4) is 5.75 Å². The van der Waals surface area contributed by atoms with Gasteiger partial charge < -0.3 is 14.9 Å². The van der Waals surface area contributed by atoms with Gasteiger partial charge >= 0.3 is 0 Å². The summed E-state index contributed by atoms with van der Waals surface area (Å²) in [7, 11) is 0. The van der Waals surface area contributed by atoms with Crippen molar-refractivity contribution in [1.29, 1.82) is 0 Å². The molecular weight excluding hydrogens is 310 g/mol. The highest BCUT2D eigenvalue weighted by molar-refractivity contribution is 5.53. The van der Waals surface area contributed by atoms with E-state index in [-0.39, 0.29) is 23.1 Å². The van der Waals surface area contributed by atoms with Crippen LogP contribution in [0.5, 0.6) is 5.75 Å². The van der Waals surface area contributed by atoms with Crippen LogP contribution in [-0.2, 0) is 0 Å². The van der Waals surface area contributed by atoms with Crippen molar-refractivity contribution in [2.24, 2.45) is 23.7 Å². The number of hydrogen-bond acceptors (Lipinski definition) is 5. The minimum absolute atomic E-state index is 0.120. The molecule has 6 nitrogen and oxygen atoms in total. The highest BCUT2D eigenvalue weighted by atomic mass is 16.6. The fraction of sp³-hybridized carbons (Fsp3) is 0.667. The molecule has 0 radical (unpaired) electrons. The van der Waals surface area contributed by atoms with Crippen molar-refractivity contribution in [2.45, 2.75) is 49.9 Å². The van der Waals surface area contributed by atoms with Crippen LogP contribution in [0.4, 0.5) is 5.69 Å². The molecule has 1 spiro atoms. The largest absolute Gasteiger partial charge is 0.483 e. The third-order valence-corrected chi connectivity index (χ3v) is 7.00. The normalized spacial score (nSPS) is 45.1. The zero-order valence-corrected chi connectivity index (χ0v) is 13.3. The number of benzene rings is 1. The first-order valence-electron chi connectivity index (χ1n) is 8.83. The minimum atomic E-state index is -1.27. The maximum absolute atomic E-state index is 11.3. The van der Waals surface area contributed by atoms with Crippen LogP contribution in [0.25, 0.3) is 0 Å². The summed E-state index contributed by atoms with van der Waals surface area (Å²) in [6, 6.07) is 4.63. The van der Waals surface area contributed by atoms with E-state index in [1.54, 1.807) is 12.1 Å². The van der Waals surface area contributed by atoms with Gasteiger partial charge in [-0.15, -0.1) is 0 Å². The van der Waals surface area contributed by atoms with E-state index in [1.165, 1.54) is 12.5 Å². The number of nitrogens with zero attached hydrogens (tertiary/aromatic N) is 1. The summed E-state index contributed by atoms with van der Waals surface area (Å²) >= 11 is 0. The van der Waals surface area contributed by atoms with Crippen molar-refractivity contribution >= 4 is 5.69 Å². The SMILES string of the molecule is O=[N+]([O-])c1cccc2c1[C@@H](O)[C@@H](O)C1(O2)C2CC3CC(C2)CC1C3. The van der Waals surface area contributed by atoms with Gasteiger partial charge in [0.1, 0.15) is 29.1 Å². The number of fused-ring (bicyclic) bond motifs is 1. The first-order chi connectivity index (χ1) is 11.5. The number of ether oxygens (including phenoxy) is 1. The topological polar surface area (TPSA) is 92.8 Å². The molecule has 1 aliphatic heterocycles. The average molecular weight is 331 g/mol. The fourth-order valence-corrected chi connectivity index (χ4v) is 6.30. The van der Waals surface area contributed by atoms with E-state index in [1.807, 2.05) is 0 Å². The van der Waals surface area contributed by atoms with E-state index in [4.69, 9.17) is 4.74 Å². The number of hydrogen-bond donors (Lipinski definition) is 2. The monoisotopic (exact) mass is 331 g/mol. The molecule has 128 valence electrons. The van der Waals surface area contributed by atoms with Gasteiger partial charge in [-0.2, -0.15) is 0 Å². The van der Waals surface area contributed by atoms with Crippen LogP contribution in [0.3, 0.4) is 0 Å². The van der Waals surface area contributed by atoms with Crippen LogP contribution >= 0.6 is 0 Å². The highest BCUT2D eigenvalue weighted by Gasteiger charge is 2.65. The highest BCUT2D eigenvalue weighted by Crippen LogP contribution is 2.63. The van der Waals surface area contributed by atoms with Gasteiger partial charge in [0.15, 0.2) is 0 Å². The molecule has 1 aromatic carbocycles. The molecule has 4 aliphatic carbocycles. The molecule has 6 rings (SSSR count). The summed E-state index contributed by atoms with van der Waals surface area (Å²) < 4.78 is 6.36. The first-order valence-corrected chi connectivity index (χ1v) is 8.83. The molecule has 6 heteroatoms. The van der Waals surface area contributed by atoms with Crippen molar-refractivity contribution < 1.29 is 19.9 Å². The van der Waals surface area contributed by atoms with E-state index in [0.29, 0.717) is 17.6 Å². The lowest BCUT2D eigenvalue weighted by atomic mass is 9.47. The third-order valence-electron chi connectivity index (χ3n) is 7.00. The second kappa shape index (κ2) is 4.70. The molecule has 5 aliphatic rings. The Morgan fingerprint density at radius 1 is 1.08 bits per heavy atom. The van der Waals surface area contributed by atoms with E-state index < -0.39 is 22.7 Å². The standard InChI is InChI=1S/C18H21NO5/c20-16-15-13(19(22)23)2-1-3-14(15)24-18(17(16)21)11-5-9-4-10(7-11)8-12(18)6-9/h1-3,9-12,16-17,20-21H,4-8H2/t9?,10?,11?,12?,16-,17-,18?/m1/s1. The molecule has 1 aromatic rings. The van der Waals surface area contributed by atoms with E-state index >= 15 is 0 Å². The van der Waals surface area contributed by atoms with Crippen molar-refractivity contribution in [2.75, 3.05) is 0 Å². The smallest absolute Gasteiger partial charge is 0.279 e. The van der Waals surface area contributed by atoms with Crippen LogP contribution < -0.4 is 4.74 Å². The van der Waals surface area contributed by atoms with Gasteiger partial charge in [-0.3, -0.25) is 10.1 Å². The maximum atomic E-state index is 11.3. The summed E-state index contributed by atoms with van der Waals surface area (Å²) in [5.74, 6) is 2.24. The lowest BCUT2D eigenvalue weighted by Gasteiger charge is -2.63. The second-order valence-corrected chi connectivity index (χ2v) is 8.10. The number of aliphatic hydroxyl groups is 2. The Morgan fingerprint density at radius 2 is 1.71 bits per heavy atom. The van der Waals surface area contributed by atoms with Crippen molar-refractivity contribution in [1.82, 2.24) is 0 Å². The Morgan fingerprint density at radius 3 is 2.29 bits per heavy atom. The molecule has 0 unspecified atom stereocenters. The van der Waals surface area contributed by atoms with Crippen molar-refractivity contribution in [3.63, 3.8) is 0 Å². The summed E-state index contributed by atoms with van der Waals surface area (Å²) in [5, 5.41) is 33.1. The zero-order valence-electron chi connectivity index (χ0n) is 13.3. The predicted octanol–water partition coefficient (Wildman–Crippen LogP) is 2.58. The number of nitro benzene ring substituents is 1. The Labute approximate surface area is 139 Å². The average Bonchev–Trinajstić information content (AvgIpc) is 2.55. The molecule has 0 aromatic heterocycles. The molecule has 1 heterocycles. The predicted molar refractivity (Wildman–Crippen MR) is 84.5 cm³/mol. The second-order valence-electron chi connectivity index (χ2n) is 8.10. The summed E-state index contributed by atoms with van der Waals surface area (Å²) in [6.45, 7) is 0. The number of nitro groups is 1. The van der Waals surface area contributed by atoms with Gasteiger partial charge in [0.25, 0.3) is 5.69 Å². The van der Waals surface area contributed by atoms with Gasteiger partial charge in [0, 0.05) is 17.9 Å². The number of aliphatic hydroxyl groups excluding tert-OH is 2. The fourth-order valence-electron chi connectivity index (χ4n) is 6.30. The van der Waals surface area contributed by atoms with E-state index in [2.05, 4.69) is 0 Å². The summed E-state index contributed by atoms with van der Waals surface area (Å²) in [4.78, 5) is 10.8. The van der Waals surface area contributed by atoms with Gasteiger partial charge in [-0.1, -0.05) is 6.07 Å². The molecule has 4 bridgehead atoms. The molecule has 24 heavy (non-hydrogen) atoms. The Balaban J connectivity index is 1.64. The number of rotatable bonds is 1. The molecule has 0 saturated heterocycles. The molecular formula is C18H21NO5. The van der Waals surface area contributed by atoms with Crippen LogP contribution in [0, 0.1) is 33.8 Å². The van der Waals surface area contributed by atoms with Crippen molar-refractivity contribution in [3.05, 3.63) is 33.9 Å². The maximum Gasteiger partial charge on any atom is 0.279 e. The summed E-state index contributed by atoms with van der Waals surface area (Å²) in [6.07, 6.45) is 3.02. The Bertz CT molecular complexity index is 689. The first kappa shape index (κ1) is 14.7.